The molecule has 0 aromatic heterocycles. The molecule has 0 aliphatic heterocycles. The molecule has 7 heteroatoms. The predicted octanol–water partition coefficient (Wildman–Crippen LogP) is 8.85. The molecule has 0 aliphatic rings. The molecule has 1 atom stereocenters. The van der Waals surface area contributed by atoms with Crippen molar-refractivity contribution in [2.45, 2.75) is 18.0 Å². The van der Waals surface area contributed by atoms with Gasteiger partial charge in [-0.05, 0) is 57.6 Å². The number of carbonyl (C=O) groups excluding carboxylic acids is 1. The van der Waals surface area contributed by atoms with Gasteiger partial charge >= 0.3 is 5.97 Å². The first-order valence-electron chi connectivity index (χ1n) is 15.9. The van der Waals surface area contributed by atoms with Gasteiger partial charge in [-0.2, -0.15) is 0 Å². The second kappa shape index (κ2) is 14.9. The zero-order chi connectivity index (χ0) is 34.2. The number of amides is 1. The first-order valence-corrected chi connectivity index (χ1v) is 16.3. The Hall–Kier alpha value is -5.85. The van der Waals surface area contributed by atoms with Crippen molar-refractivity contribution in [1.29, 1.82) is 0 Å². The summed E-state index contributed by atoms with van der Waals surface area (Å²) in [5.41, 5.74) is 5.44. The van der Waals surface area contributed by atoms with Crippen molar-refractivity contribution >= 4 is 29.2 Å². The number of hydrogen-bond donors (Lipinski definition) is 3. The molecule has 6 nitrogen and oxygen atoms in total. The zero-order valence-electron chi connectivity index (χ0n) is 26.8. The van der Waals surface area contributed by atoms with Crippen LogP contribution in [0, 0.1) is 0 Å². The largest absolute Gasteiger partial charge is 0.497 e. The molecule has 0 fully saturated rings. The second-order valence-corrected chi connectivity index (χ2v) is 12.0. The first kappa shape index (κ1) is 33.1. The highest BCUT2D eigenvalue weighted by atomic mass is 35.5. The number of anilines is 1. The average Bonchev–Trinajstić information content (AvgIpc) is 3.15. The number of carbonyl (C=O) groups is 2. The van der Waals surface area contributed by atoms with E-state index in [4.69, 9.17) is 16.3 Å². The summed E-state index contributed by atoms with van der Waals surface area (Å²) < 4.78 is 5.33. The van der Waals surface area contributed by atoms with E-state index in [0.29, 0.717) is 5.69 Å². The Morgan fingerprint density at radius 3 is 1.78 bits per heavy atom. The van der Waals surface area contributed by atoms with Crippen molar-refractivity contribution in [1.82, 2.24) is 5.32 Å². The van der Waals surface area contributed by atoms with E-state index >= 15 is 0 Å². The van der Waals surface area contributed by atoms with Gasteiger partial charge in [-0.3, -0.25) is 4.79 Å². The molecule has 0 saturated carbocycles. The lowest BCUT2D eigenvalue weighted by molar-refractivity contribution is -0.139. The van der Waals surface area contributed by atoms with Crippen molar-refractivity contribution in [2.75, 3.05) is 12.4 Å². The van der Waals surface area contributed by atoms with Crippen LogP contribution in [0.1, 0.15) is 32.6 Å². The molecular formula is C42H35ClN2O4. The van der Waals surface area contributed by atoms with Gasteiger partial charge < -0.3 is 20.5 Å². The van der Waals surface area contributed by atoms with Crippen LogP contribution in [0.4, 0.5) is 5.69 Å². The van der Waals surface area contributed by atoms with E-state index < -0.39 is 23.5 Å². The molecule has 0 radical (unpaired) electrons. The van der Waals surface area contributed by atoms with Gasteiger partial charge in [-0.1, -0.05) is 145 Å². The summed E-state index contributed by atoms with van der Waals surface area (Å²) in [6, 6.07) is 49.4. The third-order valence-corrected chi connectivity index (χ3v) is 8.99. The number of methoxy groups -OCH3 is 1. The number of carboxylic acids is 1. The fourth-order valence-electron chi connectivity index (χ4n) is 6.09. The van der Waals surface area contributed by atoms with Gasteiger partial charge in [0.2, 0.25) is 0 Å². The second-order valence-electron chi connectivity index (χ2n) is 11.6. The van der Waals surface area contributed by atoms with Gasteiger partial charge in [0.25, 0.3) is 5.91 Å². The molecule has 0 heterocycles. The van der Waals surface area contributed by atoms with Crippen LogP contribution in [-0.2, 0) is 16.8 Å². The van der Waals surface area contributed by atoms with Crippen LogP contribution in [0.25, 0.3) is 11.1 Å². The smallest absolute Gasteiger partial charge is 0.326 e. The van der Waals surface area contributed by atoms with Crippen molar-refractivity contribution in [3.05, 3.63) is 191 Å². The highest BCUT2D eigenvalue weighted by Gasteiger charge is 2.37. The average molecular weight is 667 g/mol. The van der Waals surface area contributed by atoms with Crippen molar-refractivity contribution < 1.29 is 19.4 Å². The number of aliphatic carboxylic acids is 1. The quantitative estimate of drug-likeness (QED) is 0.114. The maximum Gasteiger partial charge on any atom is 0.326 e. The highest BCUT2D eigenvalue weighted by Crippen LogP contribution is 2.42. The molecular weight excluding hydrogens is 632 g/mol. The Morgan fingerprint density at radius 2 is 1.24 bits per heavy atom. The van der Waals surface area contributed by atoms with E-state index in [1.807, 2.05) is 109 Å². The molecule has 0 saturated heterocycles. The molecule has 244 valence electrons. The molecule has 3 N–H and O–H groups in total. The summed E-state index contributed by atoms with van der Waals surface area (Å²) in [5.74, 6) is -0.982. The lowest BCUT2D eigenvalue weighted by Gasteiger charge is -2.38. The van der Waals surface area contributed by atoms with E-state index in [0.717, 1.165) is 39.1 Å². The summed E-state index contributed by atoms with van der Waals surface area (Å²) in [7, 11) is 1.62. The van der Waals surface area contributed by atoms with Gasteiger partial charge in [0.15, 0.2) is 0 Å². The van der Waals surface area contributed by atoms with Gasteiger partial charge in [0.05, 0.1) is 23.4 Å². The van der Waals surface area contributed by atoms with E-state index in [1.165, 1.54) is 0 Å². The third kappa shape index (κ3) is 7.20. The predicted molar refractivity (Wildman–Crippen MR) is 195 cm³/mol. The fraction of sp³-hybridized carbons (Fsp3) is 0.0952. The maximum absolute atomic E-state index is 13.7. The third-order valence-electron chi connectivity index (χ3n) is 8.59. The topological polar surface area (TPSA) is 87.7 Å². The van der Waals surface area contributed by atoms with Gasteiger partial charge in [0.1, 0.15) is 17.3 Å². The lowest BCUT2D eigenvalue weighted by Crippen LogP contribution is -2.42. The van der Waals surface area contributed by atoms with Crippen molar-refractivity contribution in [3.8, 4) is 16.9 Å². The van der Waals surface area contributed by atoms with E-state index in [2.05, 4.69) is 47.0 Å². The summed E-state index contributed by atoms with van der Waals surface area (Å²) in [6.45, 7) is 0. The minimum Gasteiger partial charge on any atom is -0.497 e. The molecule has 1 amide bonds. The molecule has 0 bridgehead atoms. The van der Waals surface area contributed by atoms with Crippen LogP contribution in [0.5, 0.6) is 5.75 Å². The van der Waals surface area contributed by atoms with E-state index in [-0.39, 0.29) is 17.0 Å². The molecule has 0 spiro atoms. The molecule has 49 heavy (non-hydrogen) atoms. The number of carboxylic acid groups (broad SMARTS) is 1. The highest BCUT2D eigenvalue weighted by molar-refractivity contribution is 6.36. The van der Waals surface area contributed by atoms with Crippen molar-refractivity contribution in [3.63, 3.8) is 0 Å². The minimum atomic E-state index is -1.18. The zero-order valence-corrected chi connectivity index (χ0v) is 27.6. The molecule has 6 aromatic rings. The Labute approximate surface area is 291 Å². The number of nitrogens with one attached hydrogen (secondary N) is 2. The van der Waals surface area contributed by atoms with Crippen LogP contribution in [-0.4, -0.2) is 30.1 Å². The molecule has 6 aromatic carbocycles. The minimum absolute atomic E-state index is 0.0914. The monoisotopic (exact) mass is 666 g/mol. The number of benzene rings is 6. The van der Waals surface area contributed by atoms with Gasteiger partial charge in [0, 0.05) is 6.42 Å². The number of ether oxygens (including phenoxy) is 1. The summed E-state index contributed by atoms with van der Waals surface area (Å²) in [6.07, 6.45) is 0.0914. The van der Waals surface area contributed by atoms with Crippen molar-refractivity contribution in [2.24, 2.45) is 0 Å². The van der Waals surface area contributed by atoms with E-state index in [1.54, 1.807) is 19.2 Å². The summed E-state index contributed by atoms with van der Waals surface area (Å²) >= 11 is 7.01. The lowest BCUT2D eigenvalue weighted by atomic mass is 9.76. The summed E-state index contributed by atoms with van der Waals surface area (Å²) in [4.78, 5) is 26.1. The van der Waals surface area contributed by atoms with Gasteiger partial charge in [-0.15, -0.1) is 0 Å². The molecule has 6 rings (SSSR count). The maximum atomic E-state index is 13.7. The normalized spacial score (nSPS) is 11.7. The van der Waals surface area contributed by atoms with Gasteiger partial charge in [-0.25, -0.2) is 4.79 Å². The van der Waals surface area contributed by atoms with Crippen LogP contribution >= 0.6 is 11.6 Å². The number of hydrogen-bond acceptors (Lipinski definition) is 4. The number of halogens is 1. The number of rotatable bonds is 12. The van der Waals surface area contributed by atoms with Crippen LogP contribution in [0.3, 0.4) is 0 Å². The Bertz CT molecular complexity index is 1940. The first-order chi connectivity index (χ1) is 23.9. The van der Waals surface area contributed by atoms with Crippen LogP contribution < -0.4 is 15.4 Å². The Kier molecular flexibility index (Phi) is 10.1. The molecule has 0 unspecified atom stereocenters. The van der Waals surface area contributed by atoms with E-state index in [9.17, 15) is 14.7 Å². The summed E-state index contributed by atoms with van der Waals surface area (Å²) in [5, 5.41) is 16.7. The fourth-order valence-corrected chi connectivity index (χ4v) is 6.35. The van der Waals surface area contributed by atoms with Crippen LogP contribution in [0.2, 0.25) is 5.02 Å². The molecule has 0 aliphatic carbocycles. The SMILES string of the molecule is COc1cccc(-c2ccc(C[C@@H](NC(=O)c3cccc(NC(c4ccccc4)(c4ccccc4)c4ccccc4)c3Cl)C(=O)O)cc2)c1. The Balaban J connectivity index is 1.29. The Morgan fingerprint density at radius 1 is 0.694 bits per heavy atom. The standard InChI is InChI=1S/C42H35ClN2O4/c1-49-35-20-11-13-31(28-35)30-25-23-29(24-26-30)27-38(41(47)48)44-40(46)36-21-12-22-37(39(36)43)45-42(32-14-5-2-6-15-32,33-16-7-3-8-17-33)34-18-9-4-10-19-34/h2-26,28,38,45H,27H2,1H3,(H,44,46)(H,47,48)/t38-/m1/s1. The van der Waals surface area contributed by atoms with Crippen LogP contribution in [0.15, 0.2) is 158 Å².